The van der Waals surface area contributed by atoms with E-state index in [9.17, 15) is 4.79 Å². The number of hydrogen-bond donors (Lipinski definition) is 2. The van der Waals surface area contributed by atoms with Crippen LogP contribution >= 0.6 is 0 Å². The van der Waals surface area contributed by atoms with Gasteiger partial charge in [-0.3, -0.25) is 4.79 Å². The molecule has 1 fully saturated rings. The summed E-state index contributed by atoms with van der Waals surface area (Å²) in [6.07, 6.45) is 2.35. The van der Waals surface area contributed by atoms with Gasteiger partial charge in [0.2, 0.25) is 0 Å². The fourth-order valence-corrected chi connectivity index (χ4v) is 2.91. The van der Waals surface area contributed by atoms with E-state index in [1.807, 2.05) is 18.2 Å². The Morgan fingerprint density at radius 3 is 2.78 bits per heavy atom. The minimum atomic E-state index is -0.178. The first-order chi connectivity index (χ1) is 13.1. The minimum Gasteiger partial charge on any atom is -0.378 e. The number of ether oxygens (including phenoxy) is 1. The Hall–Kier alpha value is -2.67. The van der Waals surface area contributed by atoms with Crippen molar-refractivity contribution >= 4 is 23.1 Å². The molecule has 144 valence electrons. The molecule has 1 saturated heterocycles. The third-order valence-electron chi connectivity index (χ3n) is 4.43. The van der Waals surface area contributed by atoms with Crippen LogP contribution in [-0.2, 0) is 4.74 Å². The van der Waals surface area contributed by atoms with Crippen LogP contribution < -0.4 is 15.5 Å². The summed E-state index contributed by atoms with van der Waals surface area (Å²) in [5.74, 6) is 0.965. The smallest absolute Gasteiger partial charge is 0.270 e. The van der Waals surface area contributed by atoms with E-state index in [0.29, 0.717) is 24.0 Å². The summed E-state index contributed by atoms with van der Waals surface area (Å²) in [6, 6.07) is 9.76. The molecule has 0 radical (unpaired) electrons. The van der Waals surface area contributed by atoms with E-state index in [0.717, 1.165) is 44.1 Å². The fraction of sp³-hybridized carbons (Fsp3) is 0.450. The van der Waals surface area contributed by atoms with Crippen LogP contribution in [0, 0.1) is 5.92 Å². The predicted molar refractivity (Wildman–Crippen MR) is 107 cm³/mol. The molecule has 2 heterocycles. The lowest BCUT2D eigenvalue weighted by Crippen LogP contribution is -2.36. The van der Waals surface area contributed by atoms with Gasteiger partial charge in [0.05, 0.1) is 24.6 Å². The Kier molecular flexibility index (Phi) is 6.59. The van der Waals surface area contributed by atoms with E-state index in [2.05, 4.69) is 45.4 Å². The summed E-state index contributed by atoms with van der Waals surface area (Å²) in [5.41, 5.74) is 2.41. The van der Waals surface area contributed by atoms with Gasteiger partial charge < -0.3 is 20.3 Å². The number of aromatic nitrogens is 2. The maximum atomic E-state index is 12.3. The van der Waals surface area contributed by atoms with Gasteiger partial charge in [-0.1, -0.05) is 26.0 Å². The van der Waals surface area contributed by atoms with Crippen LogP contribution in [0.3, 0.4) is 0 Å². The predicted octanol–water partition coefficient (Wildman–Crippen LogP) is 2.83. The number of carbonyl (C=O) groups is 1. The van der Waals surface area contributed by atoms with E-state index < -0.39 is 0 Å². The highest BCUT2D eigenvalue weighted by molar-refractivity contribution is 5.93. The second-order valence-electron chi connectivity index (χ2n) is 6.97. The molecule has 1 aliphatic rings. The van der Waals surface area contributed by atoms with Crippen LogP contribution in [0.1, 0.15) is 30.8 Å². The lowest BCUT2D eigenvalue weighted by atomic mass is 10.1. The molecule has 3 rings (SSSR count). The molecule has 0 bridgehead atoms. The Labute approximate surface area is 160 Å². The maximum Gasteiger partial charge on any atom is 0.270 e. The lowest BCUT2D eigenvalue weighted by Gasteiger charge is -2.30. The molecule has 0 aliphatic carbocycles. The molecular weight excluding hydrogens is 342 g/mol. The first kappa shape index (κ1) is 19.1. The van der Waals surface area contributed by atoms with Crippen molar-refractivity contribution in [3.05, 3.63) is 42.4 Å². The molecule has 0 unspecified atom stereocenters. The zero-order valence-electron chi connectivity index (χ0n) is 15.9. The fourth-order valence-electron chi connectivity index (χ4n) is 2.91. The van der Waals surface area contributed by atoms with Gasteiger partial charge >= 0.3 is 0 Å². The third-order valence-corrected chi connectivity index (χ3v) is 4.43. The van der Waals surface area contributed by atoms with E-state index in [1.165, 1.54) is 6.33 Å². The molecule has 2 aromatic rings. The number of amides is 1. The van der Waals surface area contributed by atoms with Gasteiger partial charge in [0, 0.05) is 25.7 Å². The number of rotatable bonds is 7. The number of anilines is 3. The Morgan fingerprint density at radius 2 is 2.00 bits per heavy atom. The normalized spacial score (nSPS) is 14.3. The van der Waals surface area contributed by atoms with Crippen molar-refractivity contribution in [2.75, 3.05) is 43.1 Å². The molecular formula is C20H27N5O2. The second kappa shape index (κ2) is 9.32. The van der Waals surface area contributed by atoms with Gasteiger partial charge in [-0.2, -0.15) is 0 Å². The summed E-state index contributed by atoms with van der Waals surface area (Å²) in [4.78, 5) is 22.9. The van der Waals surface area contributed by atoms with Crippen molar-refractivity contribution in [1.82, 2.24) is 15.3 Å². The Morgan fingerprint density at radius 1 is 1.22 bits per heavy atom. The largest absolute Gasteiger partial charge is 0.378 e. The standard InChI is InChI=1S/C20H27N5O2/c1-15(2)7-8-21-20(26)17-13-19(23-14-22-17)24-16-5-3-4-6-18(16)25-9-11-27-12-10-25/h3-6,13-15H,7-12H2,1-2H3,(H,21,26)(H,22,23,24). The van der Waals surface area contributed by atoms with E-state index >= 15 is 0 Å². The number of carbonyl (C=O) groups excluding carboxylic acids is 1. The van der Waals surface area contributed by atoms with Crippen molar-refractivity contribution in [2.45, 2.75) is 20.3 Å². The van der Waals surface area contributed by atoms with Crippen LogP contribution in [0.15, 0.2) is 36.7 Å². The lowest BCUT2D eigenvalue weighted by molar-refractivity contribution is 0.0947. The molecule has 1 aromatic carbocycles. The number of nitrogens with zero attached hydrogens (tertiary/aromatic N) is 3. The number of nitrogens with one attached hydrogen (secondary N) is 2. The Bertz CT molecular complexity index is 760. The summed E-state index contributed by atoms with van der Waals surface area (Å²) in [7, 11) is 0. The van der Waals surface area contributed by atoms with Gasteiger partial charge in [-0.15, -0.1) is 0 Å². The van der Waals surface area contributed by atoms with Crippen molar-refractivity contribution in [1.29, 1.82) is 0 Å². The molecule has 1 aliphatic heterocycles. The third kappa shape index (κ3) is 5.40. The molecule has 0 atom stereocenters. The monoisotopic (exact) mass is 369 g/mol. The van der Waals surface area contributed by atoms with Crippen LogP contribution in [0.4, 0.5) is 17.2 Å². The summed E-state index contributed by atoms with van der Waals surface area (Å²) in [5, 5.41) is 6.23. The van der Waals surface area contributed by atoms with Gasteiger partial charge in [-0.25, -0.2) is 9.97 Å². The first-order valence-electron chi connectivity index (χ1n) is 9.42. The molecule has 7 heteroatoms. The minimum absolute atomic E-state index is 0.178. The summed E-state index contributed by atoms with van der Waals surface area (Å²) in [6.45, 7) is 8.06. The van der Waals surface area contributed by atoms with E-state index in [-0.39, 0.29) is 5.91 Å². The van der Waals surface area contributed by atoms with Gasteiger partial charge in [0.15, 0.2) is 0 Å². The number of hydrogen-bond acceptors (Lipinski definition) is 6. The highest BCUT2D eigenvalue weighted by atomic mass is 16.5. The maximum absolute atomic E-state index is 12.3. The average Bonchev–Trinajstić information content (AvgIpc) is 2.69. The number of para-hydroxylation sites is 2. The molecule has 7 nitrogen and oxygen atoms in total. The highest BCUT2D eigenvalue weighted by Gasteiger charge is 2.15. The number of morpholine rings is 1. The zero-order chi connectivity index (χ0) is 19.1. The van der Waals surface area contributed by atoms with E-state index in [4.69, 9.17) is 4.74 Å². The van der Waals surface area contributed by atoms with Gasteiger partial charge in [0.25, 0.3) is 5.91 Å². The first-order valence-corrected chi connectivity index (χ1v) is 9.42. The molecule has 0 spiro atoms. The summed E-state index contributed by atoms with van der Waals surface area (Å²) >= 11 is 0. The zero-order valence-corrected chi connectivity index (χ0v) is 15.9. The summed E-state index contributed by atoms with van der Waals surface area (Å²) < 4.78 is 5.44. The van der Waals surface area contributed by atoms with Crippen LogP contribution in [0.25, 0.3) is 0 Å². The number of benzene rings is 1. The highest BCUT2D eigenvalue weighted by Crippen LogP contribution is 2.28. The van der Waals surface area contributed by atoms with Crippen molar-refractivity contribution in [3.8, 4) is 0 Å². The molecule has 1 aromatic heterocycles. The molecule has 27 heavy (non-hydrogen) atoms. The topological polar surface area (TPSA) is 79.4 Å². The second-order valence-corrected chi connectivity index (χ2v) is 6.97. The quantitative estimate of drug-likeness (QED) is 0.781. The van der Waals surface area contributed by atoms with Crippen molar-refractivity contribution in [2.24, 2.45) is 5.92 Å². The molecule has 1 amide bonds. The van der Waals surface area contributed by atoms with Crippen LogP contribution in [0.2, 0.25) is 0 Å². The SMILES string of the molecule is CC(C)CCNC(=O)c1cc(Nc2ccccc2N2CCOCC2)ncn1. The van der Waals surface area contributed by atoms with Crippen LogP contribution in [-0.4, -0.2) is 48.7 Å². The molecule has 0 saturated carbocycles. The van der Waals surface area contributed by atoms with Crippen molar-refractivity contribution in [3.63, 3.8) is 0 Å². The molecule has 2 N–H and O–H groups in total. The van der Waals surface area contributed by atoms with Crippen LogP contribution in [0.5, 0.6) is 0 Å². The van der Waals surface area contributed by atoms with Gasteiger partial charge in [0.1, 0.15) is 17.8 Å². The van der Waals surface area contributed by atoms with Crippen molar-refractivity contribution < 1.29 is 9.53 Å². The Balaban J connectivity index is 1.70. The average molecular weight is 369 g/mol. The van der Waals surface area contributed by atoms with Gasteiger partial charge in [-0.05, 0) is 24.5 Å². The van der Waals surface area contributed by atoms with E-state index in [1.54, 1.807) is 6.07 Å².